The van der Waals surface area contributed by atoms with Crippen molar-refractivity contribution in [2.24, 2.45) is 0 Å². The standard InChI is InChI=1S/C11H12N2S2/c1-8-3-5-10(6-4-8)7-14-11-13-12-9(2)15-11/h3-6H,7H2,1-2H3. The van der Waals surface area contributed by atoms with Crippen LogP contribution in [0, 0.1) is 13.8 Å². The van der Waals surface area contributed by atoms with E-state index in [4.69, 9.17) is 0 Å². The Morgan fingerprint density at radius 1 is 1.13 bits per heavy atom. The Kier molecular flexibility index (Phi) is 3.38. The van der Waals surface area contributed by atoms with Gasteiger partial charge in [0.05, 0.1) is 0 Å². The molecular formula is C11H12N2S2. The normalized spacial score (nSPS) is 10.5. The Bertz CT molecular complexity index is 434. The quantitative estimate of drug-likeness (QED) is 0.763. The second-order valence-corrected chi connectivity index (χ2v) is 5.77. The molecule has 78 valence electrons. The van der Waals surface area contributed by atoms with Gasteiger partial charge in [0.2, 0.25) is 0 Å². The zero-order chi connectivity index (χ0) is 10.7. The summed E-state index contributed by atoms with van der Waals surface area (Å²) in [6.07, 6.45) is 0. The summed E-state index contributed by atoms with van der Waals surface area (Å²) < 4.78 is 1.05. The maximum atomic E-state index is 4.08. The van der Waals surface area contributed by atoms with Crippen LogP contribution in [0.1, 0.15) is 16.1 Å². The molecule has 2 rings (SSSR count). The number of rotatable bonds is 3. The molecule has 0 aliphatic heterocycles. The molecule has 4 heteroatoms. The van der Waals surface area contributed by atoms with Crippen LogP contribution < -0.4 is 0 Å². The average molecular weight is 236 g/mol. The topological polar surface area (TPSA) is 25.8 Å². The first-order valence-corrected chi connectivity index (χ1v) is 6.53. The van der Waals surface area contributed by atoms with Gasteiger partial charge in [0, 0.05) is 5.75 Å². The van der Waals surface area contributed by atoms with Crippen LogP contribution in [0.2, 0.25) is 0 Å². The lowest BCUT2D eigenvalue weighted by Crippen LogP contribution is -1.80. The van der Waals surface area contributed by atoms with Gasteiger partial charge in [-0.25, -0.2) is 0 Å². The molecule has 0 N–H and O–H groups in total. The first kappa shape index (κ1) is 10.6. The molecule has 1 aromatic heterocycles. The van der Waals surface area contributed by atoms with Crippen molar-refractivity contribution in [1.29, 1.82) is 0 Å². The lowest BCUT2D eigenvalue weighted by molar-refractivity contribution is 0.983. The maximum absolute atomic E-state index is 4.08. The van der Waals surface area contributed by atoms with Crippen molar-refractivity contribution in [2.45, 2.75) is 23.9 Å². The zero-order valence-corrected chi connectivity index (χ0v) is 10.4. The summed E-state index contributed by atoms with van der Waals surface area (Å²) in [5, 5.41) is 9.10. The first-order valence-electron chi connectivity index (χ1n) is 4.72. The minimum absolute atomic E-state index is 0.967. The van der Waals surface area contributed by atoms with E-state index >= 15 is 0 Å². The highest BCUT2D eigenvalue weighted by Gasteiger charge is 2.01. The van der Waals surface area contributed by atoms with Crippen molar-refractivity contribution in [3.05, 3.63) is 40.4 Å². The van der Waals surface area contributed by atoms with Crippen LogP contribution in [0.15, 0.2) is 28.6 Å². The van der Waals surface area contributed by atoms with Crippen molar-refractivity contribution >= 4 is 23.1 Å². The summed E-state index contributed by atoms with van der Waals surface area (Å²) in [6, 6.07) is 8.61. The van der Waals surface area contributed by atoms with Gasteiger partial charge in [0.15, 0.2) is 4.34 Å². The van der Waals surface area contributed by atoms with Gasteiger partial charge >= 0.3 is 0 Å². The zero-order valence-electron chi connectivity index (χ0n) is 8.73. The van der Waals surface area contributed by atoms with Crippen LogP contribution in [0.25, 0.3) is 0 Å². The van der Waals surface area contributed by atoms with Crippen LogP contribution in [0.4, 0.5) is 0 Å². The van der Waals surface area contributed by atoms with Gasteiger partial charge in [-0.05, 0) is 19.4 Å². The lowest BCUT2D eigenvalue weighted by atomic mass is 10.2. The van der Waals surface area contributed by atoms with E-state index in [0.29, 0.717) is 0 Å². The number of hydrogen-bond acceptors (Lipinski definition) is 4. The molecule has 0 spiro atoms. The third kappa shape index (κ3) is 3.04. The molecular weight excluding hydrogens is 224 g/mol. The van der Waals surface area contributed by atoms with Crippen LogP contribution in [0.3, 0.4) is 0 Å². The highest BCUT2D eigenvalue weighted by Crippen LogP contribution is 2.25. The third-order valence-corrected chi connectivity index (χ3v) is 4.03. The predicted molar refractivity (Wildman–Crippen MR) is 65.4 cm³/mol. The molecule has 1 heterocycles. The molecule has 0 aliphatic carbocycles. The summed E-state index contributed by atoms with van der Waals surface area (Å²) in [4.78, 5) is 0. The SMILES string of the molecule is Cc1ccc(CSc2nnc(C)s2)cc1. The maximum Gasteiger partial charge on any atom is 0.174 e. The lowest BCUT2D eigenvalue weighted by Gasteiger charge is -1.98. The van der Waals surface area contributed by atoms with Gasteiger partial charge in [-0.1, -0.05) is 52.9 Å². The van der Waals surface area contributed by atoms with Crippen molar-refractivity contribution in [3.8, 4) is 0 Å². The third-order valence-electron chi connectivity index (χ3n) is 1.99. The smallest absolute Gasteiger partial charge is 0.143 e. The average Bonchev–Trinajstić information content (AvgIpc) is 2.64. The molecule has 15 heavy (non-hydrogen) atoms. The van der Waals surface area contributed by atoms with Crippen molar-refractivity contribution in [2.75, 3.05) is 0 Å². The van der Waals surface area contributed by atoms with E-state index in [-0.39, 0.29) is 0 Å². The van der Waals surface area contributed by atoms with E-state index in [9.17, 15) is 0 Å². The second kappa shape index (κ2) is 4.77. The highest BCUT2D eigenvalue weighted by atomic mass is 32.2. The number of aryl methyl sites for hydroxylation is 2. The number of benzene rings is 1. The Hall–Kier alpha value is -0.870. The van der Waals surface area contributed by atoms with Crippen molar-refractivity contribution in [3.63, 3.8) is 0 Å². The summed E-state index contributed by atoms with van der Waals surface area (Å²) >= 11 is 3.40. The van der Waals surface area contributed by atoms with Gasteiger partial charge in [0.25, 0.3) is 0 Å². The van der Waals surface area contributed by atoms with E-state index in [1.807, 2.05) is 6.92 Å². The summed E-state index contributed by atoms with van der Waals surface area (Å²) in [5.41, 5.74) is 2.63. The molecule has 0 amide bonds. The van der Waals surface area contributed by atoms with Gasteiger partial charge in [-0.3, -0.25) is 0 Å². The molecule has 0 saturated carbocycles. The monoisotopic (exact) mass is 236 g/mol. The van der Waals surface area contributed by atoms with E-state index in [2.05, 4.69) is 41.4 Å². The molecule has 0 bridgehead atoms. The van der Waals surface area contributed by atoms with Crippen LogP contribution >= 0.6 is 23.1 Å². The summed E-state index contributed by atoms with van der Waals surface area (Å²) in [6.45, 7) is 4.08. The van der Waals surface area contributed by atoms with Gasteiger partial charge in [-0.2, -0.15) is 0 Å². The molecule has 0 unspecified atom stereocenters. The fourth-order valence-corrected chi connectivity index (χ4v) is 2.94. The molecule has 0 radical (unpaired) electrons. The van der Waals surface area contributed by atoms with Crippen LogP contribution in [-0.2, 0) is 5.75 Å². The number of hydrogen-bond donors (Lipinski definition) is 0. The fourth-order valence-electron chi connectivity index (χ4n) is 1.17. The van der Waals surface area contributed by atoms with Crippen molar-refractivity contribution < 1.29 is 0 Å². The van der Waals surface area contributed by atoms with Crippen LogP contribution in [-0.4, -0.2) is 10.2 Å². The molecule has 1 aromatic carbocycles. The Morgan fingerprint density at radius 3 is 2.47 bits per heavy atom. The summed E-state index contributed by atoms with van der Waals surface area (Å²) in [5.74, 6) is 0.967. The van der Waals surface area contributed by atoms with E-state index in [1.54, 1.807) is 23.1 Å². The predicted octanol–water partition coefficient (Wildman–Crippen LogP) is 3.45. The fraction of sp³-hybridized carbons (Fsp3) is 0.273. The van der Waals surface area contributed by atoms with Gasteiger partial charge in [-0.15, -0.1) is 10.2 Å². The molecule has 2 aromatic rings. The molecule has 0 saturated heterocycles. The van der Waals surface area contributed by atoms with Crippen LogP contribution in [0.5, 0.6) is 0 Å². The first-order chi connectivity index (χ1) is 7.24. The largest absolute Gasteiger partial charge is 0.174 e. The number of aromatic nitrogens is 2. The number of thioether (sulfide) groups is 1. The van der Waals surface area contributed by atoms with Gasteiger partial charge < -0.3 is 0 Å². The molecule has 0 atom stereocenters. The minimum atomic E-state index is 0.967. The van der Waals surface area contributed by atoms with E-state index < -0.39 is 0 Å². The van der Waals surface area contributed by atoms with E-state index in [0.717, 1.165) is 15.1 Å². The Balaban J connectivity index is 1.96. The van der Waals surface area contributed by atoms with Gasteiger partial charge in [0.1, 0.15) is 5.01 Å². The van der Waals surface area contributed by atoms with E-state index in [1.165, 1.54) is 11.1 Å². The Morgan fingerprint density at radius 2 is 1.87 bits per heavy atom. The molecule has 2 nitrogen and oxygen atoms in total. The molecule has 0 fully saturated rings. The molecule has 0 aliphatic rings. The van der Waals surface area contributed by atoms with Crippen molar-refractivity contribution in [1.82, 2.24) is 10.2 Å². The highest BCUT2D eigenvalue weighted by molar-refractivity contribution is 8.00. The number of nitrogens with zero attached hydrogens (tertiary/aromatic N) is 2. The second-order valence-electron chi connectivity index (χ2n) is 3.36. The Labute approximate surface area is 97.8 Å². The summed E-state index contributed by atoms with van der Waals surface area (Å²) in [7, 11) is 0. The minimum Gasteiger partial charge on any atom is -0.143 e.